The second-order valence-electron chi connectivity index (χ2n) is 5.02. The lowest BCUT2D eigenvalue weighted by Gasteiger charge is -2.25. The van der Waals surface area contributed by atoms with Gasteiger partial charge in [0.15, 0.2) is 0 Å². The van der Waals surface area contributed by atoms with Gasteiger partial charge in [-0.1, -0.05) is 19.1 Å². The van der Waals surface area contributed by atoms with E-state index in [1.165, 1.54) is 24.1 Å². The van der Waals surface area contributed by atoms with E-state index in [0.29, 0.717) is 6.04 Å². The Morgan fingerprint density at radius 3 is 2.50 bits per heavy atom. The van der Waals surface area contributed by atoms with Crippen LogP contribution in [0.3, 0.4) is 0 Å². The van der Waals surface area contributed by atoms with Crippen LogP contribution in [0.25, 0.3) is 0 Å². The SMILES string of the molecule is CCC(N)c1ccc(N(CCOC)C2CC2)cc1. The molecule has 0 spiro atoms. The molecular formula is C15H24N2O. The third kappa shape index (κ3) is 3.24. The molecule has 2 rings (SSSR count). The first-order valence-electron chi connectivity index (χ1n) is 6.87. The monoisotopic (exact) mass is 248 g/mol. The number of ether oxygens (including phenoxy) is 1. The molecule has 1 aromatic rings. The van der Waals surface area contributed by atoms with Gasteiger partial charge in [-0.25, -0.2) is 0 Å². The van der Waals surface area contributed by atoms with E-state index < -0.39 is 0 Å². The lowest BCUT2D eigenvalue weighted by molar-refractivity contribution is 0.205. The van der Waals surface area contributed by atoms with Crippen molar-refractivity contribution in [2.75, 3.05) is 25.2 Å². The van der Waals surface area contributed by atoms with Crippen molar-refractivity contribution in [1.29, 1.82) is 0 Å². The van der Waals surface area contributed by atoms with Gasteiger partial charge in [0.05, 0.1) is 6.61 Å². The van der Waals surface area contributed by atoms with Crippen LogP contribution >= 0.6 is 0 Å². The Labute approximate surface area is 110 Å². The maximum atomic E-state index is 6.04. The standard InChI is InChI=1S/C15H24N2O/c1-3-15(16)12-4-6-13(7-5-12)17(10-11-18-2)14-8-9-14/h4-7,14-15H,3,8-11,16H2,1-2H3. The Morgan fingerprint density at radius 2 is 2.00 bits per heavy atom. The number of hydrogen-bond donors (Lipinski definition) is 1. The average Bonchev–Trinajstić information content (AvgIpc) is 3.24. The van der Waals surface area contributed by atoms with Gasteiger partial charge in [-0.15, -0.1) is 0 Å². The van der Waals surface area contributed by atoms with E-state index >= 15 is 0 Å². The van der Waals surface area contributed by atoms with Gasteiger partial charge >= 0.3 is 0 Å². The van der Waals surface area contributed by atoms with Crippen LogP contribution in [0, 0.1) is 0 Å². The molecule has 1 aliphatic rings. The van der Waals surface area contributed by atoms with Crippen LogP contribution in [0.2, 0.25) is 0 Å². The quantitative estimate of drug-likeness (QED) is 0.806. The minimum absolute atomic E-state index is 0.160. The molecule has 0 heterocycles. The molecule has 1 aromatic carbocycles. The molecule has 1 atom stereocenters. The second kappa shape index (κ2) is 6.21. The van der Waals surface area contributed by atoms with Crippen LogP contribution in [0.15, 0.2) is 24.3 Å². The zero-order valence-corrected chi connectivity index (χ0v) is 11.4. The third-order valence-corrected chi connectivity index (χ3v) is 3.62. The summed E-state index contributed by atoms with van der Waals surface area (Å²) in [7, 11) is 1.76. The van der Waals surface area contributed by atoms with E-state index in [1.54, 1.807) is 7.11 Å². The maximum absolute atomic E-state index is 6.04. The van der Waals surface area contributed by atoms with Gasteiger partial charge in [-0.2, -0.15) is 0 Å². The van der Waals surface area contributed by atoms with Crippen molar-refractivity contribution in [3.05, 3.63) is 29.8 Å². The van der Waals surface area contributed by atoms with E-state index in [-0.39, 0.29) is 6.04 Å². The predicted octanol–water partition coefficient (Wildman–Crippen LogP) is 2.71. The molecule has 3 nitrogen and oxygen atoms in total. The van der Waals surface area contributed by atoms with Crippen LogP contribution in [-0.4, -0.2) is 26.3 Å². The molecule has 0 aliphatic heterocycles. The number of nitrogens with two attached hydrogens (primary N) is 1. The highest BCUT2D eigenvalue weighted by atomic mass is 16.5. The van der Waals surface area contributed by atoms with Gasteiger partial charge in [0, 0.05) is 31.4 Å². The molecule has 100 valence electrons. The normalized spacial score (nSPS) is 16.6. The van der Waals surface area contributed by atoms with Crippen molar-refractivity contribution in [3.8, 4) is 0 Å². The highest BCUT2D eigenvalue weighted by Gasteiger charge is 2.28. The molecule has 0 aromatic heterocycles. The molecule has 2 N–H and O–H groups in total. The summed E-state index contributed by atoms with van der Waals surface area (Å²) in [6.07, 6.45) is 3.59. The molecule has 1 unspecified atom stereocenters. The van der Waals surface area contributed by atoms with Crippen molar-refractivity contribution < 1.29 is 4.74 Å². The maximum Gasteiger partial charge on any atom is 0.0637 e. The number of nitrogens with zero attached hydrogens (tertiary/aromatic N) is 1. The minimum atomic E-state index is 0.160. The van der Waals surface area contributed by atoms with Crippen molar-refractivity contribution in [1.82, 2.24) is 0 Å². The van der Waals surface area contributed by atoms with Gasteiger partial charge in [0.2, 0.25) is 0 Å². The molecule has 0 amide bonds. The second-order valence-corrected chi connectivity index (χ2v) is 5.02. The van der Waals surface area contributed by atoms with Crippen LogP contribution in [0.5, 0.6) is 0 Å². The Kier molecular flexibility index (Phi) is 4.61. The van der Waals surface area contributed by atoms with Gasteiger partial charge in [-0.05, 0) is 37.0 Å². The molecule has 1 aliphatic carbocycles. The van der Waals surface area contributed by atoms with Crippen LogP contribution in [-0.2, 0) is 4.74 Å². The van der Waals surface area contributed by atoms with Crippen molar-refractivity contribution in [3.63, 3.8) is 0 Å². The Balaban J connectivity index is 2.05. The molecule has 0 radical (unpaired) electrons. The van der Waals surface area contributed by atoms with E-state index in [1.807, 2.05) is 0 Å². The van der Waals surface area contributed by atoms with Gasteiger partial charge in [0.25, 0.3) is 0 Å². The largest absolute Gasteiger partial charge is 0.383 e. The van der Waals surface area contributed by atoms with Crippen molar-refractivity contribution >= 4 is 5.69 Å². The Bertz CT molecular complexity index is 359. The minimum Gasteiger partial charge on any atom is -0.383 e. The molecule has 3 heteroatoms. The summed E-state index contributed by atoms with van der Waals surface area (Å²) in [6.45, 7) is 3.88. The first-order chi connectivity index (χ1) is 8.76. The first-order valence-corrected chi connectivity index (χ1v) is 6.87. The number of hydrogen-bond acceptors (Lipinski definition) is 3. The fourth-order valence-electron chi connectivity index (χ4n) is 2.25. The van der Waals surface area contributed by atoms with E-state index in [2.05, 4.69) is 36.1 Å². The fourth-order valence-corrected chi connectivity index (χ4v) is 2.25. The number of benzene rings is 1. The van der Waals surface area contributed by atoms with E-state index in [4.69, 9.17) is 10.5 Å². The molecule has 18 heavy (non-hydrogen) atoms. The molecule has 1 fully saturated rings. The highest BCUT2D eigenvalue weighted by molar-refractivity contribution is 5.50. The van der Waals surface area contributed by atoms with Crippen LogP contribution in [0.4, 0.5) is 5.69 Å². The summed E-state index contributed by atoms with van der Waals surface area (Å²) >= 11 is 0. The fraction of sp³-hybridized carbons (Fsp3) is 0.600. The molecule has 0 bridgehead atoms. The summed E-state index contributed by atoms with van der Waals surface area (Å²) in [6, 6.07) is 9.58. The van der Waals surface area contributed by atoms with Gasteiger partial charge < -0.3 is 15.4 Å². The summed E-state index contributed by atoms with van der Waals surface area (Å²) in [5, 5.41) is 0. The average molecular weight is 248 g/mol. The number of methoxy groups -OCH3 is 1. The zero-order valence-electron chi connectivity index (χ0n) is 11.4. The zero-order chi connectivity index (χ0) is 13.0. The smallest absolute Gasteiger partial charge is 0.0637 e. The topological polar surface area (TPSA) is 38.5 Å². The highest BCUT2D eigenvalue weighted by Crippen LogP contribution is 2.32. The summed E-state index contributed by atoms with van der Waals surface area (Å²) in [4.78, 5) is 2.45. The van der Waals surface area contributed by atoms with Crippen molar-refractivity contribution in [2.24, 2.45) is 5.73 Å². The Morgan fingerprint density at radius 1 is 1.33 bits per heavy atom. The number of rotatable bonds is 7. The van der Waals surface area contributed by atoms with E-state index in [0.717, 1.165) is 19.6 Å². The van der Waals surface area contributed by atoms with Gasteiger partial charge in [0.1, 0.15) is 0 Å². The van der Waals surface area contributed by atoms with Crippen LogP contribution < -0.4 is 10.6 Å². The lowest BCUT2D eigenvalue weighted by atomic mass is 10.1. The van der Waals surface area contributed by atoms with Gasteiger partial charge in [-0.3, -0.25) is 0 Å². The molecule has 1 saturated carbocycles. The molecule has 0 saturated heterocycles. The Hall–Kier alpha value is -1.06. The summed E-state index contributed by atoms with van der Waals surface area (Å²) in [5.74, 6) is 0. The summed E-state index contributed by atoms with van der Waals surface area (Å²) < 4.78 is 5.19. The lowest BCUT2D eigenvalue weighted by Crippen LogP contribution is -2.29. The molecular weight excluding hydrogens is 224 g/mol. The van der Waals surface area contributed by atoms with Crippen LogP contribution in [0.1, 0.15) is 37.8 Å². The first kappa shape index (κ1) is 13.4. The van der Waals surface area contributed by atoms with Crippen molar-refractivity contribution in [2.45, 2.75) is 38.3 Å². The van der Waals surface area contributed by atoms with E-state index in [9.17, 15) is 0 Å². The predicted molar refractivity (Wildman–Crippen MR) is 75.9 cm³/mol. The third-order valence-electron chi connectivity index (χ3n) is 3.62. The number of anilines is 1. The summed E-state index contributed by atoms with van der Waals surface area (Å²) in [5.41, 5.74) is 8.56.